The number of aliphatic hydroxyl groups excluding tert-OH is 1. The fourth-order valence-electron chi connectivity index (χ4n) is 9.23. The molecule has 1 fully saturated rings. The van der Waals surface area contributed by atoms with Gasteiger partial charge in [-0.3, -0.25) is 23.8 Å². The molecule has 4 heterocycles. The fourth-order valence-corrected chi connectivity index (χ4v) is 10.6. The van der Waals surface area contributed by atoms with Crippen LogP contribution in [0.4, 0.5) is 24.7 Å². The number of sulfonamides is 1. The lowest BCUT2D eigenvalue weighted by Crippen LogP contribution is -2.57. The van der Waals surface area contributed by atoms with Crippen LogP contribution < -0.4 is 25.8 Å². The van der Waals surface area contributed by atoms with Crippen LogP contribution in [0.2, 0.25) is 0 Å². The molecule has 3 amide bonds. The van der Waals surface area contributed by atoms with Gasteiger partial charge in [-0.05, 0) is 90.8 Å². The summed E-state index contributed by atoms with van der Waals surface area (Å²) in [6.07, 6.45) is 0.600. The second-order valence-electron chi connectivity index (χ2n) is 20.3. The highest BCUT2D eigenvalue weighted by Crippen LogP contribution is 2.41. The smallest absolute Gasteiger partial charge is 0.355 e. The number of nitrogens with two attached hydrogens (primary N) is 1. The van der Waals surface area contributed by atoms with Gasteiger partial charge in [0.1, 0.15) is 41.3 Å². The highest BCUT2D eigenvalue weighted by Gasteiger charge is 2.44. The molecule has 18 nitrogen and oxygen atoms in total. The number of anilines is 2. The van der Waals surface area contributed by atoms with Crippen molar-refractivity contribution in [1.29, 1.82) is 0 Å². The van der Waals surface area contributed by atoms with Crippen molar-refractivity contribution in [3.05, 3.63) is 131 Å². The van der Waals surface area contributed by atoms with Crippen LogP contribution in [-0.4, -0.2) is 99.0 Å². The van der Waals surface area contributed by atoms with Crippen molar-refractivity contribution in [3.8, 4) is 38.6 Å². The van der Waals surface area contributed by atoms with Crippen LogP contribution in [0.3, 0.4) is 0 Å². The van der Waals surface area contributed by atoms with E-state index in [2.05, 4.69) is 20.6 Å². The molecule has 0 aliphatic carbocycles. The molecule has 6 N–H and O–H groups in total. The van der Waals surface area contributed by atoms with E-state index in [0.29, 0.717) is 51.7 Å². The number of aryl methyl sites for hydroxylation is 2. The Morgan fingerprint density at radius 3 is 2.28 bits per heavy atom. The number of aromatic nitrogens is 4. The summed E-state index contributed by atoms with van der Waals surface area (Å²) < 4.78 is 80.3. The zero-order valence-corrected chi connectivity index (χ0v) is 45.8. The Labute approximate surface area is 458 Å². The number of rotatable bonds is 20. The Kier molecular flexibility index (Phi) is 17.4. The average molecular weight is 1120 g/mol. The molecular weight excluding hydrogens is 1060 g/mol. The number of aliphatic hydroxyl groups is 1. The minimum absolute atomic E-state index is 0.00512. The summed E-state index contributed by atoms with van der Waals surface area (Å²) in [4.78, 5) is 65.3. The standard InChI is InChI=1S/C56H60F3N9O9S2/c1-31-49(78-30-63-31)36-12-10-33(11-13-36)27-62-52(71)43-26-40(69)29-68(43)53(72)50(56(3,4)5)64-45(70)9-7-8-24-76-54(73)37-16-14-35(15-17-37)41-28-61-51(60)46-47(65-67(6)48(41)46)38-20-23-42(66-79(74,75)55(58)59)44(25-38)77-32(2)34-18-21-39(57)22-19-34/h10-23,25,28,30,32,40,43,50,55,66,69H,7-9,24,26-27,29H2,1-6H3,(H2,60,61)(H,62,71)(H,64,70)/t32-,40+,43-,50+/m0/s1. The van der Waals surface area contributed by atoms with Crippen molar-refractivity contribution in [1.82, 2.24) is 35.3 Å². The number of amides is 3. The van der Waals surface area contributed by atoms with Crippen LogP contribution in [0.15, 0.2) is 103 Å². The van der Waals surface area contributed by atoms with Crippen molar-refractivity contribution < 1.29 is 55.3 Å². The van der Waals surface area contributed by atoms with Gasteiger partial charge in [-0.1, -0.05) is 75.4 Å². The molecule has 4 atom stereocenters. The summed E-state index contributed by atoms with van der Waals surface area (Å²) in [5.74, 6) is -6.13. The first-order chi connectivity index (χ1) is 37.5. The second kappa shape index (κ2) is 24.0. The number of unbranched alkanes of at least 4 members (excludes halogenated alkanes) is 1. The third kappa shape index (κ3) is 13.3. The third-order valence-corrected chi connectivity index (χ3v) is 15.4. The maximum Gasteiger partial charge on any atom is 0.355 e. The predicted octanol–water partition coefficient (Wildman–Crippen LogP) is 8.70. The summed E-state index contributed by atoms with van der Waals surface area (Å²) in [6.45, 7) is 9.15. The van der Waals surface area contributed by atoms with Gasteiger partial charge in [-0.2, -0.15) is 13.9 Å². The Morgan fingerprint density at radius 2 is 1.62 bits per heavy atom. The van der Waals surface area contributed by atoms with Crippen molar-refractivity contribution in [2.24, 2.45) is 12.5 Å². The zero-order valence-electron chi connectivity index (χ0n) is 44.1. The number of nitrogens with zero attached hydrogens (tertiary/aromatic N) is 5. The van der Waals surface area contributed by atoms with E-state index in [4.69, 9.17) is 20.3 Å². The van der Waals surface area contributed by atoms with E-state index in [1.165, 1.54) is 47.4 Å². The van der Waals surface area contributed by atoms with Crippen LogP contribution in [0, 0.1) is 18.2 Å². The third-order valence-electron chi connectivity index (χ3n) is 13.5. The second-order valence-corrected chi connectivity index (χ2v) is 22.8. The van der Waals surface area contributed by atoms with Gasteiger partial charge in [0.15, 0.2) is 0 Å². The zero-order chi connectivity index (χ0) is 56.9. The number of fused-ring (bicyclic) bond motifs is 1. The van der Waals surface area contributed by atoms with E-state index in [1.54, 1.807) is 86.7 Å². The van der Waals surface area contributed by atoms with Crippen molar-refractivity contribution in [2.75, 3.05) is 23.6 Å². The first-order valence-electron chi connectivity index (χ1n) is 25.3. The van der Waals surface area contributed by atoms with E-state index in [1.807, 2.05) is 35.9 Å². The molecule has 23 heteroatoms. The van der Waals surface area contributed by atoms with Gasteiger partial charge < -0.3 is 35.8 Å². The molecule has 1 aliphatic rings. The van der Waals surface area contributed by atoms with Crippen LogP contribution >= 0.6 is 11.3 Å². The quantitative estimate of drug-likeness (QED) is 0.0354. The van der Waals surface area contributed by atoms with Crippen LogP contribution in [0.5, 0.6) is 5.75 Å². The Balaban J connectivity index is 0.863. The number of nitrogens with one attached hydrogen (secondary N) is 3. The first kappa shape index (κ1) is 57.3. The Bertz CT molecular complexity index is 3480. The number of esters is 1. The number of carbonyl (C=O) groups excluding carboxylic acids is 4. The topological polar surface area (TPSA) is 250 Å². The summed E-state index contributed by atoms with van der Waals surface area (Å²) in [6, 6.07) is 21.9. The minimum Gasteiger partial charge on any atom is -0.484 e. The molecule has 416 valence electrons. The Morgan fingerprint density at radius 1 is 0.937 bits per heavy atom. The van der Waals surface area contributed by atoms with Gasteiger partial charge in [0.05, 0.1) is 50.9 Å². The number of hydrogen-bond acceptors (Lipinski definition) is 14. The van der Waals surface area contributed by atoms with E-state index >= 15 is 0 Å². The molecule has 0 bridgehead atoms. The van der Waals surface area contributed by atoms with Crippen molar-refractivity contribution in [2.45, 2.75) is 96.9 Å². The lowest BCUT2D eigenvalue weighted by Gasteiger charge is -2.35. The molecule has 1 aliphatic heterocycles. The number of β-amino-alcohol motifs (C(OH)–C–C–N with tert-alkyl or cyclic N) is 1. The van der Waals surface area contributed by atoms with Gasteiger partial charge in [0, 0.05) is 50.3 Å². The number of benzene rings is 4. The maximum atomic E-state index is 14.1. The molecule has 8 rings (SSSR count). The normalized spacial score (nSPS) is 15.5. The first-order valence-corrected chi connectivity index (χ1v) is 27.7. The van der Waals surface area contributed by atoms with Crippen molar-refractivity contribution >= 4 is 67.5 Å². The average Bonchev–Trinajstić information content (AvgIpc) is 4.37. The van der Waals surface area contributed by atoms with Crippen molar-refractivity contribution in [3.63, 3.8) is 0 Å². The molecule has 0 spiro atoms. The summed E-state index contributed by atoms with van der Waals surface area (Å²) in [7, 11) is -3.43. The molecule has 1 saturated heterocycles. The van der Waals surface area contributed by atoms with E-state index in [9.17, 15) is 45.9 Å². The van der Waals surface area contributed by atoms with Gasteiger partial charge in [0.25, 0.3) is 10.0 Å². The molecule has 79 heavy (non-hydrogen) atoms. The number of carbonyl (C=O) groups is 4. The van der Waals surface area contributed by atoms with E-state index in [0.717, 1.165) is 21.7 Å². The lowest BCUT2D eigenvalue weighted by atomic mass is 9.85. The van der Waals surface area contributed by atoms with Gasteiger partial charge in [-0.15, -0.1) is 11.3 Å². The lowest BCUT2D eigenvalue weighted by molar-refractivity contribution is -0.144. The van der Waals surface area contributed by atoms with E-state index in [-0.39, 0.29) is 55.4 Å². The number of pyridine rings is 1. The minimum atomic E-state index is -5.10. The summed E-state index contributed by atoms with van der Waals surface area (Å²) >= 11 is 1.55. The number of alkyl halides is 2. The molecule has 0 radical (unpaired) electrons. The molecular formula is C56H60F3N9O9S2. The number of ether oxygens (including phenoxy) is 2. The fraction of sp³-hybridized carbons (Fsp3) is 0.339. The molecule has 0 saturated carbocycles. The number of thiazole rings is 1. The Hall–Kier alpha value is -7.89. The van der Waals surface area contributed by atoms with Gasteiger partial charge in [0.2, 0.25) is 17.7 Å². The summed E-state index contributed by atoms with van der Waals surface area (Å²) in [5.41, 5.74) is 13.3. The SMILES string of the molecule is Cc1ncsc1-c1ccc(CNC(=O)[C@@H]2C[C@@H](O)CN2C(=O)[C@@H](NC(=O)CCCCOC(=O)c2ccc(-c3cnc(N)c4c(-c5ccc(NS(=O)(=O)C(F)F)c(O[C@@H](C)c6ccc(F)cc6)c5)nn(C)c34)cc2)C(C)(C)C)cc1. The van der Waals surface area contributed by atoms with Crippen LogP contribution in [0.1, 0.15) is 86.7 Å². The monoisotopic (exact) mass is 1120 g/mol. The number of likely N-dealkylation sites (tertiary alicyclic amines) is 1. The number of halogens is 3. The largest absolute Gasteiger partial charge is 0.484 e. The van der Waals surface area contributed by atoms with Gasteiger partial charge in [-0.25, -0.2) is 27.6 Å². The maximum absolute atomic E-state index is 14.1. The summed E-state index contributed by atoms with van der Waals surface area (Å²) in [5, 5.41) is 21.5. The number of hydrogen-bond donors (Lipinski definition) is 5. The van der Waals surface area contributed by atoms with Gasteiger partial charge >= 0.3 is 11.7 Å². The van der Waals surface area contributed by atoms with E-state index < -0.39 is 75.0 Å². The highest BCUT2D eigenvalue weighted by atomic mass is 32.2. The van der Waals surface area contributed by atoms with Crippen LogP contribution in [-0.2, 0) is 42.7 Å². The highest BCUT2D eigenvalue weighted by molar-refractivity contribution is 7.93. The predicted molar refractivity (Wildman–Crippen MR) is 294 cm³/mol. The molecule has 3 aromatic heterocycles. The molecule has 0 unspecified atom stereocenters. The van der Waals surface area contributed by atoms with Crippen LogP contribution in [0.25, 0.3) is 43.7 Å². The number of nitrogen functional groups attached to an aromatic ring is 1. The molecule has 4 aromatic carbocycles. The molecule has 7 aromatic rings.